The highest BCUT2D eigenvalue weighted by Gasteiger charge is 2.36. The lowest BCUT2D eigenvalue weighted by molar-refractivity contribution is -0.127. The van der Waals surface area contributed by atoms with Gasteiger partial charge in [-0.25, -0.2) is 4.39 Å². The van der Waals surface area contributed by atoms with Crippen molar-refractivity contribution in [3.63, 3.8) is 0 Å². The highest BCUT2D eigenvalue weighted by Crippen LogP contribution is 2.30. The minimum Gasteiger partial charge on any atom is -0.459 e. The van der Waals surface area contributed by atoms with E-state index in [0.29, 0.717) is 10.6 Å². The Hall–Kier alpha value is -3.12. The van der Waals surface area contributed by atoms with Crippen LogP contribution in [0, 0.1) is 5.82 Å². The molecule has 2 amide bonds. The Morgan fingerprint density at radius 1 is 1.06 bits per heavy atom. The first-order valence-corrected chi connectivity index (χ1v) is 11.0. The summed E-state index contributed by atoms with van der Waals surface area (Å²) in [5, 5.41) is 3.47. The summed E-state index contributed by atoms with van der Waals surface area (Å²) in [4.78, 5) is 28.3. The molecular formula is C25H24ClFN2O3. The van der Waals surface area contributed by atoms with Gasteiger partial charge in [0.25, 0.3) is 5.91 Å². The maximum Gasteiger partial charge on any atom is 0.290 e. The minimum atomic E-state index is -1.19. The Morgan fingerprint density at radius 2 is 1.78 bits per heavy atom. The molecule has 1 N–H and O–H groups in total. The third kappa shape index (κ3) is 4.86. The van der Waals surface area contributed by atoms with Gasteiger partial charge >= 0.3 is 0 Å². The van der Waals surface area contributed by atoms with Crippen molar-refractivity contribution in [2.24, 2.45) is 0 Å². The molecule has 1 saturated carbocycles. The molecular weight excluding hydrogens is 431 g/mol. The largest absolute Gasteiger partial charge is 0.459 e. The fourth-order valence-corrected chi connectivity index (χ4v) is 4.33. The summed E-state index contributed by atoms with van der Waals surface area (Å²) >= 11 is 6.36. The molecule has 1 aromatic heterocycles. The number of nitrogens with zero attached hydrogens (tertiary/aromatic N) is 1. The topological polar surface area (TPSA) is 62.6 Å². The van der Waals surface area contributed by atoms with E-state index in [1.807, 2.05) is 0 Å². The van der Waals surface area contributed by atoms with Crippen LogP contribution in [-0.4, -0.2) is 22.8 Å². The van der Waals surface area contributed by atoms with Crippen LogP contribution in [0.5, 0.6) is 0 Å². The summed E-state index contributed by atoms with van der Waals surface area (Å²) in [7, 11) is 0. The maximum atomic E-state index is 14.9. The fraction of sp³-hybridized carbons (Fsp3) is 0.280. The van der Waals surface area contributed by atoms with Gasteiger partial charge < -0.3 is 14.6 Å². The highest BCUT2D eigenvalue weighted by atomic mass is 35.5. The second-order valence-corrected chi connectivity index (χ2v) is 8.32. The average molecular weight is 455 g/mol. The summed E-state index contributed by atoms with van der Waals surface area (Å²) in [5.41, 5.74) is 0.763. The summed E-state index contributed by atoms with van der Waals surface area (Å²) in [6, 6.07) is 15.0. The number of hydrogen-bond donors (Lipinski definition) is 1. The summed E-state index contributed by atoms with van der Waals surface area (Å²) in [6.45, 7) is 0.0102. The van der Waals surface area contributed by atoms with Crippen LogP contribution in [0.1, 0.15) is 53.4 Å². The molecule has 4 rings (SSSR count). The summed E-state index contributed by atoms with van der Waals surface area (Å²) < 4.78 is 20.3. The number of carbonyl (C=O) groups is 2. The average Bonchev–Trinajstić information content (AvgIpc) is 3.50. The number of rotatable bonds is 7. The molecule has 0 saturated heterocycles. The molecule has 0 spiro atoms. The molecule has 0 bridgehead atoms. The fourth-order valence-electron chi connectivity index (χ4n) is 4.13. The quantitative estimate of drug-likeness (QED) is 0.511. The normalized spacial score (nSPS) is 14.8. The van der Waals surface area contributed by atoms with Gasteiger partial charge in [0.05, 0.1) is 6.26 Å². The molecule has 32 heavy (non-hydrogen) atoms. The SMILES string of the molecule is O=C(NC1CCCC1)C(c1ccccc1F)N(Cc1ccccc1Cl)C(=O)c1ccco1. The van der Waals surface area contributed by atoms with E-state index in [1.54, 1.807) is 42.5 Å². The van der Waals surface area contributed by atoms with E-state index >= 15 is 0 Å². The number of amides is 2. The summed E-state index contributed by atoms with van der Waals surface area (Å²) in [6.07, 6.45) is 5.18. The zero-order chi connectivity index (χ0) is 22.5. The zero-order valence-corrected chi connectivity index (χ0v) is 18.2. The standard InChI is InChI=1S/C25H24ClFN2O3/c26-20-12-5-1-8-17(20)16-29(25(31)22-14-7-15-32-22)23(19-11-4-6-13-21(19)27)24(30)28-18-9-2-3-10-18/h1,4-8,11-15,18,23H,2-3,9-10,16H2,(H,28,30). The minimum absolute atomic E-state index is 0.0102. The number of carbonyl (C=O) groups excluding carboxylic acids is 2. The van der Waals surface area contributed by atoms with Crippen molar-refractivity contribution in [2.45, 2.75) is 44.3 Å². The smallest absolute Gasteiger partial charge is 0.290 e. The van der Waals surface area contributed by atoms with Gasteiger partial charge in [0.1, 0.15) is 11.9 Å². The Labute approximate surface area is 191 Å². The Balaban J connectivity index is 1.77. The molecule has 3 aromatic rings. The first kappa shape index (κ1) is 22.1. The van der Waals surface area contributed by atoms with Crippen molar-refractivity contribution in [1.82, 2.24) is 10.2 Å². The number of benzene rings is 2. The molecule has 0 radical (unpaired) electrons. The maximum absolute atomic E-state index is 14.9. The van der Waals surface area contributed by atoms with E-state index in [1.165, 1.54) is 29.4 Å². The van der Waals surface area contributed by atoms with Gasteiger partial charge in [0, 0.05) is 23.2 Å². The van der Waals surface area contributed by atoms with Gasteiger partial charge in [-0.05, 0) is 42.7 Å². The number of furan rings is 1. The number of halogens is 2. The van der Waals surface area contributed by atoms with Crippen LogP contribution in [0.2, 0.25) is 5.02 Å². The molecule has 166 valence electrons. The molecule has 2 aromatic carbocycles. The Kier molecular flexibility index (Phi) is 6.90. The van der Waals surface area contributed by atoms with Gasteiger partial charge in [-0.2, -0.15) is 0 Å². The Morgan fingerprint density at radius 3 is 2.47 bits per heavy atom. The van der Waals surface area contributed by atoms with E-state index in [9.17, 15) is 14.0 Å². The van der Waals surface area contributed by atoms with E-state index in [2.05, 4.69) is 5.32 Å². The van der Waals surface area contributed by atoms with Crippen LogP contribution in [0.3, 0.4) is 0 Å². The van der Waals surface area contributed by atoms with Gasteiger partial charge in [-0.3, -0.25) is 9.59 Å². The van der Waals surface area contributed by atoms with Gasteiger partial charge in [-0.1, -0.05) is 60.8 Å². The van der Waals surface area contributed by atoms with Crippen molar-refractivity contribution in [3.8, 4) is 0 Å². The molecule has 7 heteroatoms. The van der Waals surface area contributed by atoms with Crippen LogP contribution in [-0.2, 0) is 11.3 Å². The molecule has 0 aliphatic heterocycles. The van der Waals surface area contributed by atoms with Gasteiger partial charge in [0.15, 0.2) is 5.76 Å². The number of nitrogens with one attached hydrogen (secondary N) is 1. The predicted octanol–water partition coefficient (Wildman–Crippen LogP) is 5.51. The van der Waals surface area contributed by atoms with Crippen molar-refractivity contribution >= 4 is 23.4 Å². The lowest BCUT2D eigenvalue weighted by Gasteiger charge is -2.32. The first-order chi connectivity index (χ1) is 15.5. The monoisotopic (exact) mass is 454 g/mol. The lowest BCUT2D eigenvalue weighted by Crippen LogP contribution is -2.46. The van der Waals surface area contributed by atoms with Crippen molar-refractivity contribution in [1.29, 1.82) is 0 Å². The molecule has 5 nitrogen and oxygen atoms in total. The van der Waals surface area contributed by atoms with E-state index in [0.717, 1.165) is 25.7 Å². The van der Waals surface area contributed by atoms with Crippen LogP contribution in [0.25, 0.3) is 0 Å². The molecule has 1 unspecified atom stereocenters. The van der Waals surface area contributed by atoms with E-state index < -0.39 is 23.7 Å². The lowest BCUT2D eigenvalue weighted by atomic mass is 10.0. The zero-order valence-electron chi connectivity index (χ0n) is 17.5. The Bertz CT molecular complexity index is 1080. The van der Waals surface area contributed by atoms with E-state index in [-0.39, 0.29) is 23.9 Å². The third-order valence-corrected chi connectivity index (χ3v) is 6.12. The second kappa shape index (κ2) is 10.0. The molecule has 1 heterocycles. The molecule has 1 aliphatic rings. The van der Waals surface area contributed by atoms with Gasteiger partial charge in [0.2, 0.25) is 5.91 Å². The van der Waals surface area contributed by atoms with Crippen molar-refractivity contribution in [3.05, 3.63) is 94.7 Å². The van der Waals surface area contributed by atoms with Crippen LogP contribution in [0.4, 0.5) is 4.39 Å². The second-order valence-electron chi connectivity index (χ2n) is 7.92. The molecule has 1 aliphatic carbocycles. The first-order valence-electron chi connectivity index (χ1n) is 10.7. The summed E-state index contributed by atoms with van der Waals surface area (Å²) in [5.74, 6) is -1.44. The molecule has 1 fully saturated rings. The van der Waals surface area contributed by atoms with Crippen LogP contribution >= 0.6 is 11.6 Å². The van der Waals surface area contributed by atoms with Gasteiger partial charge in [-0.15, -0.1) is 0 Å². The molecule has 1 atom stereocenters. The van der Waals surface area contributed by atoms with Crippen molar-refractivity contribution < 1.29 is 18.4 Å². The third-order valence-electron chi connectivity index (χ3n) is 5.75. The predicted molar refractivity (Wildman–Crippen MR) is 120 cm³/mol. The van der Waals surface area contributed by atoms with E-state index in [4.69, 9.17) is 16.0 Å². The van der Waals surface area contributed by atoms with Crippen molar-refractivity contribution in [2.75, 3.05) is 0 Å². The highest BCUT2D eigenvalue weighted by molar-refractivity contribution is 6.31. The van der Waals surface area contributed by atoms with Crippen LogP contribution in [0.15, 0.2) is 71.3 Å². The number of hydrogen-bond acceptors (Lipinski definition) is 3. The van der Waals surface area contributed by atoms with Crippen LogP contribution < -0.4 is 5.32 Å².